The maximum Gasteiger partial charge on any atom is 0.261 e. The molecule has 0 radical (unpaired) electrons. The highest BCUT2D eigenvalue weighted by Gasteiger charge is 2.27. The standard InChI is InChI=1S/C33H31NO5S/c1-22-10-17-27(18-11-22)40(35,36)34-29-21-32(38-4)31(37-3)20-28(29)33(30-19-12-23(2)39-30)26-15-13-25(14-16-26)24-8-6-5-7-9-24/h5-21,33-34H,1-4H3/t33-/m0/s1. The van der Waals surface area contributed by atoms with Crippen LogP contribution in [0.2, 0.25) is 0 Å². The van der Waals surface area contributed by atoms with E-state index in [-0.39, 0.29) is 4.90 Å². The van der Waals surface area contributed by atoms with Crippen molar-refractivity contribution in [3.8, 4) is 22.6 Å². The average molecular weight is 554 g/mol. The van der Waals surface area contributed by atoms with Gasteiger partial charge in [-0.3, -0.25) is 4.72 Å². The van der Waals surface area contributed by atoms with E-state index in [1.165, 1.54) is 7.11 Å². The van der Waals surface area contributed by atoms with Gasteiger partial charge in [-0.05, 0) is 66.4 Å². The van der Waals surface area contributed by atoms with Crippen LogP contribution in [0.3, 0.4) is 0 Å². The summed E-state index contributed by atoms with van der Waals surface area (Å²) in [4.78, 5) is 0.163. The van der Waals surface area contributed by atoms with Gasteiger partial charge in [0.15, 0.2) is 11.5 Å². The molecule has 1 aromatic heterocycles. The smallest absolute Gasteiger partial charge is 0.261 e. The number of sulfonamides is 1. The van der Waals surface area contributed by atoms with E-state index in [0.717, 1.165) is 28.0 Å². The maximum absolute atomic E-state index is 13.5. The van der Waals surface area contributed by atoms with Crippen LogP contribution in [0, 0.1) is 13.8 Å². The number of furan rings is 1. The predicted molar refractivity (Wildman–Crippen MR) is 158 cm³/mol. The highest BCUT2D eigenvalue weighted by Crippen LogP contribution is 2.43. The summed E-state index contributed by atoms with van der Waals surface area (Å²) in [6.07, 6.45) is 0. The van der Waals surface area contributed by atoms with Crippen molar-refractivity contribution >= 4 is 15.7 Å². The van der Waals surface area contributed by atoms with E-state index in [9.17, 15) is 8.42 Å². The molecule has 0 aliphatic rings. The second kappa shape index (κ2) is 11.3. The fourth-order valence-electron chi connectivity index (χ4n) is 4.75. The van der Waals surface area contributed by atoms with Crippen molar-refractivity contribution < 1.29 is 22.3 Å². The summed E-state index contributed by atoms with van der Waals surface area (Å²) in [7, 11) is -0.836. The van der Waals surface area contributed by atoms with Crippen molar-refractivity contribution in [3.63, 3.8) is 0 Å². The van der Waals surface area contributed by atoms with Gasteiger partial charge in [-0.1, -0.05) is 72.3 Å². The van der Waals surface area contributed by atoms with Crippen LogP contribution in [0.4, 0.5) is 5.69 Å². The largest absolute Gasteiger partial charge is 0.493 e. The summed E-state index contributed by atoms with van der Waals surface area (Å²) in [6, 6.07) is 32.3. The van der Waals surface area contributed by atoms with E-state index in [2.05, 4.69) is 29.0 Å². The first-order valence-electron chi connectivity index (χ1n) is 12.9. The molecule has 0 spiro atoms. The minimum atomic E-state index is -3.91. The zero-order valence-electron chi connectivity index (χ0n) is 22.8. The number of hydrogen-bond acceptors (Lipinski definition) is 5. The minimum absolute atomic E-state index is 0.163. The summed E-state index contributed by atoms with van der Waals surface area (Å²) in [5.74, 6) is 1.87. The van der Waals surface area contributed by atoms with Gasteiger partial charge in [-0.25, -0.2) is 8.42 Å². The zero-order chi connectivity index (χ0) is 28.3. The van der Waals surface area contributed by atoms with Crippen molar-refractivity contribution in [3.05, 3.63) is 131 Å². The maximum atomic E-state index is 13.5. The molecule has 1 heterocycles. The van der Waals surface area contributed by atoms with Crippen LogP contribution in [0.1, 0.15) is 34.1 Å². The molecule has 0 saturated carbocycles. The van der Waals surface area contributed by atoms with Gasteiger partial charge in [0.25, 0.3) is 10.0 Å². The van der Waals surface area contributed by atoms with Crippen LogP contribution >= 0.6 is 0 Å². The summed E-state index contributed by atoms with van der Waals surface area (Å²) >= 11 is 0. The first kappa shape index (κ1) is 27.1. The van der Waals surface area contributed by atoms with Gasteiger partial charge in [0.1, 0.15) is 11.5 Å². The van der Waals surface area contributed by atoms with E-state index in [4.69, 9.17) is 13.9 Å². The zero-order valence-corrected chi connectivity index (χ0v) is 23.7. The lowest BCUT2D eigenvalue weighted by Crippen LogP contribution is -2.16. The van der Waals surface area contributed by atoms with Crippen LogP contribution in [-0.4, -0.2) is 22.6 Å². The number of hydrogen-bond donors (Lipinski definition) is 1. The van der Waals surface area contributed by atoms with Gasteiger partial charge in [0, 0.05) is 6.07 Å². The molecule has 0 saturated heterocycles. The fraction of sp³-hybridized carbons (Fsp3) is 0.152. The molecule has 204 valence electrons. The van der Waals surface area contributed by atoms with Gasteiger partial charge < -0.3 is 13.9 Å². The Labute approximate surface area is 235 Å². The quantitative estimate of drug-likeness (QED) is 0.204. The van der Waals surface area contributed by atoms with Crippen LogP contribution in [0.15, 0.2) is 112 Å². The molecular weight excluding hydrogens is 522 g/mol. The SMILES string of the molecule is COc1cc(NS(=O)(=O)c2ccc(C)cc2)c([C@H](c2ccc(-c3ccccc3)cc2)c2ccc(C)o2)cc1OC. The molecule has 0 aliphatic carbocycles. The number of nitrogens with one attached hydrogen (secondary N) is 1. The summed E-state index contributed by atoms with van der Waals surface area (Å²) in [6.45, 7) is 3.80. The van der Waals surface area contributed by atoms with Crippen LogP contribution in [0.5, 0.6) is 11.5 Å². The molecule has 4 aromatic carbocycles. The highest BCUT2D eigenvalue weighted by atomic mass is 32.2. The molecule has 7 heteroatoms. The van der Waals surface area contributed by atoms with Crippen molar-refractivity contribution in [2.45, 2.75) is 24.7 Å². The molecule has 0 fully saturated rings. The Hall–Kier alpha value is -4.49. The third kappa shape index (κ3) is 5.60. The first-order valence-corrected chi connectivity index (χ1v) is 14.3. The van der Waals surface area contributed by atoms with E-state index >= 15 is 0 Å². The van der Waals surface area contributed by atoms with Crippen LogP contribution in [-0.2, 0) is 10.0 Å². The Kier molecular flexibility index (Phi) is 7.67. The topological polar surface area (TPSA) is 77.8 Å². The van der Waals surface area contributed by atoms with Crippen molar-refractivity contribution in [1.82, 2.24) is 0 Å². The normalized spacial score (nSPS) is 12.1. The second-order valence-corrected chi connectivity index (χ2v) is 11.3. The summed E-state index contributed by atoms with van der Waals surface area (Å²) in [5, 5.41) is 0. The van der Waals surface area contributed by atoms with Crippen molar-refractivity contribution in [2.24, 2.45) is 0 Å². The van der Waals surface area contributed by atoms with E-state index < -0.39 is 15.9 Å². The fourth-order valence-corrected chi connectivity index (χ4v) is 5.83. The van der Waals surface area contributed by atoms with Gasteiger partial charge >= 0.3 is 0 Å². The van der Waals surface area contributed by atoms with Gasteiger partial charge in [-0.15, -0.1) is 0 Å². The Morgan fingerprint density at radius 1 is 0.725 bits per heavy atom. The molecular formula is C33H31NO5S. The van der Waals surface area contributed by atoms with Crippen LogP contribution < -0.4 is 14.2 Å². The highest BCUT2D eigenvalue weighted by molar-refractivity contribution is 7.92. The molecule has 0 aliphatic heterocycles. The predicted octanol–water partition coefficient (Wildman–Crippen LogP) is 7.56. The molecule has 5 aromatic rings. The lowest BCUT2D eigenvalue weighted by Gasteiger charge is -2.23. The number of rotatable bonds is 9. The summed E-state index contributed by atoms with van der Waals surface area (Å²) < 4.78 is 47.1. The Balaban J connectivity index is 1.67. The number of ether oxygens (including phenoxy) is 2. The molecule has 0 bridgehead atoms. The molecule has 0 unspecified atom stereocenters. The third-order valence-corrected chi connectivity index (χ3v) is 8.22. The summed E-state index contributed by atoms with van der Waals surface area (Å²) in [5.41, 5.74) is 5.11. The van der Waals surface area contributed by atoms with Gasteiger partial charge in [0.05, 0.1) is 30.7 Å². The number of benzene rings is 4. The van der Waals surface area contributed by atoms with Crippen molar-refractivity contribution in [2.75, 3.05) is 18.9 Å². The van der Waals surface area contributed by atoms with Crippen molar-refractivity contribution in [1.29, 1.82) is 0 Å². The van der Waals surface area contributed by atoms with E-state index in [1.54, 1.807) is 43.5 Å². The van der Waals surface area contributed by atoms with Gasteiger partial charge in [-0.2, -0.15) is 0 Å². The second-order valence-electron chi connectivity index (χ2n) is 9.58. The molecule has 40 heavy (non-hydrogen) atoms. The lowest BCUT2D eigenvalue weighted by atomic mass is 9.87. The monoisotopic (exact) mass is 553 g/mol. The molecule has 1 N–H and O–H groups in total. The van der Waals surface area contributed by atoms with E-state index in [0.29, 0.717) is 28.5 Å². The molecule has 0 amide bonds. The third-order valence-electron chi connectivity index (χ3n) is 6.84. The Bertz CT molecular complexity index is 1710. The minimum Gasteiger partial charge on any atom is -0.493 e. The molecule has 6 nitrogen and oxygen atoms in total. The van der Waals surface area contributed by atoms with Gasteiger partial charge in [0.2, 0.25) is 0 Å². The molecule has 1 atom stereocenters. The molecule has 5 rings (SSSR count). The number of methoxy groups -OCH3 is 2. The number of aryl methyl sites for hydroxylation is 2. The van der Waals surface area contributed by atoms with E-state index in [1.807, 2.05) is 56.3 Å². The number of anilines is 1. The average Bonchev–Trinajstić information content (AvgIpc) is 3.40. The lowest BCUT2D eigenvalue weighted by molar-refractivity contribution is 0.354. The Morgan fingerprint density at radius 2 is 1.35 bits per heavy atom. The van der Waals surface area contributed by atoms with Crippen LogP contribution in [0.25, 0.3) is 11.1 Å². The Morgan fingerprint density at radius 3 is 1.95 bits per heavy atom. The first-order chi connectivity index (χ1) is 19.3.